The highest BCUT2D eigenvalue weighted by atomic mass is 19.1. The first-order valence-electron chi connectivity index (χ1n) is 6.97. The Balaban J connectivity index is 2.28. The molecule has 1 heterocycles. The van der Waals surface area contributed by atoms with Crippen LogP contribution in [0, 0.1) is 5.82 Å². The van der Waals surface area contributed by atoms with Gasteiger partial charge in [-0.15, -0.1) is 0 Å². The minimum Gasteiger partial charge on any atom is -0.493 e. The number of methoxy groups -OCH3 is 1. The van der Waals surface area contributed by atoms with Crippen molar-refractivity contribution in [2.75, 3.05) is 20.3 Å². The molecule has 1 fully saturated rings. The van der Waals surface area contributed by atoms with Crippen LogP contribution in [0.3, 0.4) is 0 Å². The Hall–Kier alpha value is -2.07. The van der Waals surface area contributed by atoms with Crippen molar-refractivity contribution in [1.82, 2.24) is 0 Å². The average Bonchev–Trinajstić information content (AvgIpc) is 2.95. The molecule has 3 rings (SSSR count). The molecule has 1 aromatic rings. The molecule has 0 N–H and O–H groups in total. The first-order valence-corrected chi connectivity index (χ1v) is 6.97. The summed E-state index contributed by atoms with van der Waals surface area (Å²) >= 11 is 0. The maximum Gasteiger partial charge on any atom is 0.235 e. The standard InChI is InChI=1S/C15H16FNO4/c1-19-13-10(16)8-11-14(21-7-6-20-11)12(13)15(17-9-18)4-2-3-5-15/h8H,2-7H2,1H3. The molecule has 0 saturated heterocycles. The van der Waals surface area contributed by atoms with Gasteiger partial charge in [-0.3, -0.25) is 0 Å². The maximum absolute atomic E-state index is 14.3. The van der Waals surface area contributed by atoms with Gasteiger partial charge in [0.25, 0.3) is 0 Å². The molecule has 0 unspecified atom stereocenters. The van der Waals surface area contributed by atoms with Gasteiger partial charge in [-0.2, -0.15) is 4.99 Å². The normalized spacial score (nSPS) is 19.0. The van der Waals surface area contributed by atoms with Gasteiger partial charge in [0.2, 0.25) is 6.08 Å². The molecule has 0 bridgehead atoms. The van der Waals surface area contributed by atoms with Crippen LogP contribution in [0.15, 0.2) is 11.1 Å². The molecule has 2 aliphatic rings. The van der Waals surface area contributed by atoms with E-state index in [-0.39, 0.29) is 5.75 Å². The van der Waals surface area contributed by atoms with Crippen LogP contribution in [-0.4, -0.2) is 26.4 Å². The average molecular weight is 293 g/mol. The molecular formula is C15H16FNO4. The maximum atomic E-state index is 14.3. The summed E-state index contributed by atoms with van der Waals surface area (Å²) in [5, 5.41) is 0. The Morgan fingerprint density at radius 1 is 1.33 bits per heavy atom. The van der Waals surface area contributed by atoms with Crippen molar-refractivity contribution in [3.05, 3.63) is 17.4 Å². The molecule has 0 atom stereocenters. The van der Waals surface area contributed by atoms with E-state index in [1.165, 1.54) is 13.2 Å². The monoisotopic (exact) mass is 293 g/mol. The third kappa shape index (κ3) is 2.16. The third-order valence-corrected chi connectivity index (χ3v) is 4.10. The number of fused-ring (bicyclic) bond motifs is 1. The number of benzene rings is 1. The fourth-order valence-electron chi connectivity index (χ4n) is 3.22. The van der Waals surface area contributed by atoms with E-state index in [9.17, 15) is 9.18 Å². The Labute approximate surface area is 121 Å². The summed E-state index contributed by atoms with van der Waals surface area (Å²) in [6.45, 7) is 0.734. The summed E-state index contributed by atoms with van der Waals surface area (Å²) in [6.07, 6.45) is 4.71. The summed E-state index contributed by atoms with van der Waals surface area (Å²) in [4.78, 5) is 14.9. The van der Waals surface area contributed by atoms with E-state index in [2.05, 4.69) is 4.99 Å². The zero-order valence-electron chi connectivity index (χ0n) is 11.8. The molecule has 6 heteroatoms. The predicted molar refractivity (Wildman–Crippen MR) is 72.2 cm³/mol. The van der Waals surface area contributed by atoms with Gasteiger partial charge >= 0.3 is 0 Å². The first kappa shape index (κ1) is 13.9. The van der Waals surface area contributed by atoms with Crippen LogP contribution in [0.1, 0.15) is 31.2 Å². The van der Waals surface area contributed by atoms with Gasteiger partial charge in [0.1, 0.15) is 18.8 Å². The predicted octanol–water partition coefficient (Wildman–Crippen LogP) is 2.71. The van der Waals surface area contributed by atoms with E-state index < -0.39 is 11.4 Å². The van der Waals surface area contributed by atoms with E-state index in [0.29, 0.717) is 43.1 Å². The minimum atomic E-state index is -0.833. The van der Waals surface area contributed by atoms with Gasteiger partial charge < -0.3 is 14.2 Å². The summed E-state index contributed by atoms with van der Waals surface area (Å²) in [5.74, 6) is 0.298. The van der Waals surface area contributed by atoms with Crippen LogP contribution in [0.25, 0.3) is 0 Å². The number of hydrogen-bond acceptors (Lipinski definition) is 5. The lowest BCUT2D eigenvalue weighted by molar-refractivity contribution is 0.164. The van der Waals surface area contributed by atoms with Gasteiger partial charge in [-0.25, -0.2) is 9.18 Å². The van der Waals surface area contributed by atoms with Crippen molar-refractivity contribution in [2.24, 2.45) is 4.99 Å². The number of nitrogens with zero attached hydrogens (tertiary/aromatic N) is 1. The SMILES string of the molecule is COc1c(F)cc2c(c1C1(N=C=O)CCCC1)OCCO2. The van der Waals surface area contributed by atoms with Crippen molar-refractivity contribution in [3.63, 3.8) is 0 Å². The lowest BCUT2D eigenvalue weighted by atomic mass is 9.86. The molecule has 5 nitrogen and oxygen atoms in total. The topological polar surface area (TPSA) is 57.1 Å². The number of rotatable bonds is 3. The van der Waals surface area contributed by atoms with Gasteiger partial charge in [0.15, 0.2) is 23.1 Å². The van der Waals surface area contributed by atoms with Gasteiger partial charge in [0, 0.05) is 6.07 Å². The van der Waals surface area contributed by atoms with Crippen molar-refractivity contribution in [3.8, 4) is 17.2 Å². The quantitative estimate of drug-likeness (QED) is 0.635. The van der Waals surface area contributed by atoms with E-state index in [1.54, 1.807) is 6.08 Å². The van der Waals surface area contributed by atoms with Crippen molar-refractivity contribution >= 4 is 6.08 Å². The molecule has 1 aromatic carbocycles. The number of isocyanates is 1. The minimum absolute atomic E-state index is 0.0696. The van der Waals surface area contributed by atoms with Crippen LogP contribution >= 0.6 is 0 Å². The Morgan fingerprint density at radius 2 is 2.05 bits per heavy atom. The van der Waals surface area contributed by atoms with Crippen molar-refractivity contribution in [2.45, 2.75) is 31.2 Å². The second-order valence-electron chi connectivity index (χ2n) is 5.23. The zero-order chi connectivity index (χ0) is 14.9. The highest BCUT2D eigenvalue weighted by Crippen LogP contribution is 2.53. The second-order valence-corrected chi connectivity index (χ2v) is 5.23. The summed E-state index contributed by atoms with van der Waals surface area (Å²) in [7, 11) is 1.39. The molecule has 1 aliphatic heterocycles. The first-order chi connectivity index (χ1) is 10.2. The van der Waals surface area contributed by atoms with Crippen LogP contribution in [0.4, 0.5) is 4.39 Å². The molecule has 1 aliphatic carbocycles. The zero-order valence-corrected chi connectivity index (χ0v) is 11.8. The summed E-state index contributed by atoms with van der Waals surface area (Å²) < 4.78 is 30.7. The Kier molecular flexibility index (Phi) is 3.55. The van der Waals surface area contributed by atoms with Crippen molar-refractivity contribution in [1.29, 1.82) is 0 Å². The molecule has 0 spiro atoms. The molecule has 21 heavy (non-hydrogen) atoms. The Bertz CT molecular complexity index is 604. The lowest BCUT2D eigenvalue weighted by Gasteiger charge is -2.30. The number of halogens is 1. The highest BCUT2D eigenvalue weighted by Gasteiger charge is 2.43. The third-order valence-electron chi connectivity index (χ3n) is 4.10. The number of ether oxygens (including phenoxy) is 3. The molecule has 0 amide bonds. The fourth-order valence-corrected chi connectivity index (χ4v) is 3.22. The van der Waals surface area contributed by atoms with E-state index in [4.69, 9.17) is 14.2 Å². The van der Waals surface area contributed by atoms with Gasteiger partial charge in [-0.05, 0) is 12.8 Å². The summed E-state index contributed by atoms with van der Waals surface area (Å²) in [5.41, 5.74) is -0.361. The second kappa shape index (κ2) is 5.37. The smallest absolute Gasteiger partial charge is 0.235 e. The largest absolute Gasteiger partial charge is 0.493 e. The Morgan fingerprint density at radius 3 is 2.71 bits per heavy atom. The van der Waals surface area contributed by atoms with Crippen LogP contribution in [0.2, 0.25) is 0 Å². The number of carbonyl (C=O) groups excluding carboxylic acids is 1. The van der Waals surface area contributed by atoms with Crippen LogP contribution < -0.4 is 14.2 Å². The van der Waals surface area contributed by atoms with Gasteiger partial charge in [-0.1, -0.05) is 12.8 Å². The van der Waals surface area contributed by atoms with E-state index in [1.807, 2.05) is 0 Å². The molecule has 1 saturated carbocycles. The number of hydrogen-bond donors (Lipinski definition) is 0. The fraction of sp³-hybridized carbons (Fsp3) is 0.533. The molecule has 0 aromatic heterocycles. The number of aliphatic imine (C=N–C) groups is 1. The van der Waals surface area contributed by atoms with Crippen molar-refractivity contribution < 1.29 is 23.4 Å². The van der Waals surface area contributed by atoms with Crippen LogP contribution in [-0.2, 0) is 10.3 Å². The lowest BCUT2D eigenvalue weighted by Crippen LogP contribution is -2.25. The molecule has 0 radical (unpaired) electrons. The molecule has 112 valence electrons. The molecular weight excluding hydrogens is 277 g/mol. The van der Waals surface area contributed by atoms with Gasteiger partial charge in [0.05, 0.1) is 12.7 Å². The van der Waals surface area contributed by atoms with E-state index in [0.717, 1.165) is 12.8 Å². The van der Waals surface area contributed by atoms with E-state index >= 15 is 0 Å². The van der Waals surface area contributed by atoms with Crippen LogP contribution in [0.5, 0.6) is 17.2 Å². The highest BCUT2D eigenvalue weighted by molar-refractivity contribution is 5.59. The summed E-state index contributed by atoms with van der Waals surface area (Å²) in [6, 6.07) is 1.25.